The number of hydrogen-bond acceptors (Lipinski definition) is 4. The predicted molar refractivity (Wildman–Crippen MR) is 54.8 cm³/mol. The molecule has 2 aromatic rings. The Balaban J connectivity index is 1.91. The highest BCUT2D eigenvalue weighted by Gasteiger charge is 2.09. The minimum atomic E-state index is -0.0707. The summed E-state index contributed by atoms with van der Waals surface area (Å²) in [7, 11) is 1.93. The minimum Gasteiger partial charge on any atom is -0.323 e. The van der Waals surface area contributed by atoms with Crippen LogP contribution in [0.2, 0.25) is 0 Å². The summed E-state index contributed by atoms with van der Waals surface area (Å²) in [5.74, 6) is 0. The lowest BCUT2D eigenvalue weighted by Crippen LogP contribution is -2.12. The summed E-state index contributed by atoms with van der Waals surface area (Å²) in [6, 6.07) is 1.92. The lowest BCUT2D eigenvalue weighted by atomic mass is 10.1. The van der Waals surface area contributed by atoms with Crippen LogP contribution in [-0.2, 0) is 13.5 Å². The van der Waals surface area contributed by atoms with Crippen molar-refractivity contribution in [3.63, 3.8) is 0 Å². The van der Waals surface area contributed by atoms with Gasteiger partial charge in [0.05, 0.1) is 17.9 Å². The van der Waals surface area contributed by atoms with Crippen LogP contribution in [0, 0.1) is 0 Å². The van der Waals surface area contributed by atoms with Crippen molar-refractivity contribution in [3.05, 3.63) is 29.8 Å². The molecule has 0 bridgehead atoms. The maximum absolute atomic E-state index is 5.95. The highest BCUT2D eigenvalue weighted by molar-refractivity contribution is 5.03. The van der Waals surface area contributed by atoms with Crippen molar-refractivity contribution in [2.45, 2.75) is 18.9 Å². The summed E-state index contributed by atoms with van der Waals surface area (Å²) in [6.45, 7) is 0. The van der Waals surface area contributed by atoms with Gasteiger partial charge in [0.25, 0.3) is 0 Å². The molecule has 0 spiro atoms. The summed E-state index contributed by atoms with van der Waals surface area (Å²) in [5.41, 5.74) is 7.93. The number of nitrogens with zero attached hydrogens (tertiary/aromatic N) is 4. The van der Waals surface area contributed by atoms with E-state index in [-0.39, 0.29) is 6.04 Å². The summed E-state index contributed by atoms with van der Waals surface area (Å²) in [6.07, 6.45) is 5.18. The van der Waals surface area contributed by atoms with Gasteiger partial charge in [-0.25, -0.2) is 0 Å². The summed E-state index contributed by atoms with van der Waals surface area (Å²) >= 11 is 0. The van der Waals surface area contributed by atoms with Crippen molar-refractivity contribution in [1.29, 1.82) is 0 Å². The maximum Gasteiger partial charge on any atom is 0.0991 e. The van der Waals surface area contributed by atoms with Crippen molar-refractivity contribution in [3.8, 4) is 0 Å². The third-order valence-electron chi connectivity index (χ3n) is 2.45. The number of aromatic amines is 1. The first-order valence-corrected chi connectivity index (χ1v) is 4.85. The van der Waals surface area contributed by atoms with Gasteiger partial charge in [-0.05, 0) is 18.9 Å². The van der Waals surface area contributed by atoms with Gasteiger partial charge in [-0.2, -0.15) is 20.5 Å². The Morgan fingerprint density at radius 3 is 3.07 bits per heavy atom. The number of aryl methyl sites for hydroxylation is 2. The predicted octanol–water partition coefficient (Wildman–Crippen LogP) is 0.171. The van der Waals surface area contributed by atoms with Gasteiger partial charge in [-0.3, -0.25) is 4.68 Å². The summed E-state index contributed by atoms with van der Waals surface area (Å²) in [4.78, 5) is 0. The van der Waals surface area contributed by atoms with E-state index >= 15 is 0 Å². The molecule has 6 nitrogen and oxygen atoms in total. The molecule has 6 heteroatoms. The van der Waals surface area contributed by atoms with E-state index in [1.807, 2.05) is 17.8 Å². The average Bonchev–Trinajstić information content (AvgIpc) is 2.85. The minimum absolute atomic E-state index is 0.0707. The second kappa shape index (κ2) is 4.22. The van der Waals surface area contributed by atoms with Crippen LogP contribution in [0.15, 0.2) is 18.5 Å². The van der Waals surface area contributed by atoms with Gasteiger partial charge in [-0.1, -0.05) is 0 Å². The zero-order valence-electron chi connectivity index (χ0n) is 8.59. The Bertz CT molecular complexity index is 404. The summed E-state index contributed by atoms with van der Waals surface area (Å²) in [5, 5.41) is 14.3. The quantitative estimate of drug-likeness (QED) is 0.746. The molecule has 1 unspecified atom stereocenters. The smallest absolute Gasteiger partial charge is 0.0991 e. The molecule has 0 fully saturated rings. The van der Waals surface area contributed by atoms with Crippen LogP contribution in [-0.4, -0.2) is 25.2 Å². The number of rotatable bonds is 4. The number of nitrogens with two attached hydrogens (primary N) is 1. The first-order valence-electron chi connectivity index (χ1n) is 4.85. The molecule has 0 aromatic carbocycles. The Kier molecular flexibility index (Phi) is 2.77. The molecule has 0 aliphatic rings. The molecule has 2 heterocycles. The number of aromatic nitrogens is 5. The van der Waals surface area contributed by atoms with Gasteiger partial charge >= 0.3 is 0 Å². The number of H-pyrrole nitrogens is 1. The van der Waals surface area contributed by atoms with E-state index in [2.05, 4.69) is 20.5 Å². The third-order valence-corrected chi connectivity index (χ3v) is 2.45. The Hall–Kier alpha value is -1.69. The molecule has 2 rings (SSSR count). The highest BCUT2D eigenvalue weighted by Crippen LogP contribution is 2.12. The molecular formula is C9H14N6. The Labute approximate surface area is 87.5 Å². The van der Waals surface area contributed by atoms with E-state index in [1.165, 1.54) is 5.69 Å². The van der Waals surface area contributed by atoms with Crippen LogP contribution in [0.5, 0.6) is 0 Å². The maximum atomic E-state index is 5.95. The number of nitrogens with one attached hydrogen (secondary N) is 1. The largest absolute Gasteiger partial charge is 0.323 e. The van der Waals surface area contributed by atoms with E-state index in [0.29, 0.717) is 0 Å². The van der Waals surface area contributed by atoms with Gasteiger partial charge in [0.15, 0.2) is 0 Å². The molecule has 0 saturated heterocycles. The molecule has 0 aliphatic heterocycles. The van der Waals surface area contributed by atoms with Crippen molar-refractivity contribution in [1.82, 2.24) is 25.2 Å². The fraction of sp³-hybridized carbons (Fsp3) is 0.444. The standard InChI is InChI=1S/C9H14N6/c1-15-7(4-5-12-15)2-3-8(10)9-6-11-14-13-9/h4-6,8H,2-3,10H2,1H3,(H,11,13,14). The van der Waals surface area contributed by atoms with E-state index < -0.39 is 0 Å². The zero-order valence-corrected chi connectivity index (χ0v) is 8.59. The normalized spacial score (nSPS) is 12.9. The van der Waals surface area contributed by atoms with Crippen LogP contribution < -0.4 is 5.73 Å². The molecule has 3 N–H and O–H groups in total. The van der Waals surface area contributed by atoms with E-state index in [0.717, 1.165) is 18.5 Å². The molecule has 1 atom stereocenters. The highest BCUT2D eigenvalue weighted by atomic mass is 15.3. The van der Waals surface area contributed by atoms with E-state index in [1.54, 1.807) is 12.4 Å². The van der Waals surface area contributed by atoms with Crippen molar-refractivity contribution >= 4 is 0 Å². The first-order chi connectivity index (χ1) is 7.27. The third kappa shape index (κ3) is 2.21. The molecule has 0 radical (unpaired) electrons. The molecule has 0 aliphatic carbocycles. The first kappa shape index (κ1) is 9.85. The van der Waals surface area contributed by atoms with Crippen molar-refractivity contribution < 1.29 is 0 Å². The molecule has 15 heavy (non-hydrogen) atoms. The fourth-order valence-corrected chi connectivity index (χ4v) is 1.49. The van der Waals surface area contributed by atoms with Crippen LogP contribution in [0.25, 0.3) is 0 Å². The van der Waals surface area contributed by atoms with Gasteiger partial charge in [0.2, 0.25) is 0 Å². The fourth-order valence-electron chi connectivity index (χ4n) is 1.49. The second-order valence-electron chi connectivity index (χ2n) is 3.49. The van der Waals surface area contributed by atoms with Crippen LogP contribution in [0.4, 0.5) is 0 Å². The van der Waals surface area contributed by atoms with Crippen LogP contribution in [0.3, 0.4) is 0 Å². The molecule has 2 aromatic heterocycles. The van der Waals surface area contributed by atoms with Gasteiger partial charge in [0, 0.05) is 18.9 Å². The average molecular weight is 206 g/mol. The molecule has 80 valence electrons. The summed E-state index contributed by atoms with van der Waals surface area (Å²) < 4.78 is 1.86. The second-order valence-corrected chi connectivity index (χ2v) is 3.49. The van der Waals surface area contributed by atoms with Gasteiger partial charge in [-0.15, -0.1) is 0 Å². The monoisotopic (exact) mass is 206 g/mol. The van der Waals surface area contributed by atoms with Crippen molar-refractivity contribution in [2.75, 3.05) is 0 Å². The molecular weight excluding hydrogens is 192 g/mol. The SMILES string of the molecule is Cn1nccc1CCC(N)c1cn[nH]n1. The Morgan fingerprint density at radius 1 is 1.60 bits per heavy atom. The topological polar surface area (TPSA) is 85.4 Å². The molecule has 0 amide bonds. The van der Waals surface area contributed by atoms with E-state index in [9.17, 15) is 0 Å². The van der Waals surface area contributed by atoms with Gasteiger partial charge < -0.3 is 5.73 Å². The zero-order chi connectivity index (χ0) is 10.7. The lowest BCUT2D eigenvalue weighted by molar-refractivity contribution is 0.601. The Morgan fingerprint density at radius 2 is 2.47 bits per heavy atom. The molecule has 0 saturated carbocycles. The van der Waals surface area contributed by atoms with Crippen LogP contribution >= 0.6 is 0 Å². The van der Waals surface area contributed by atoms with E-state index in [4.69, 9.17) is 5.73 Å². The number of hydrogen-bond donors (Lipinski definition) is 2. The lowest BCUT2D eigenvalue weighted by Gasteiger charge is -2.07. The van der Waals surface area contributed by atoms with Crippen molar-refractivity contribution in [2.24, 2.45) is 12.8 Å². The van der Waals surface area contributed by atoms with Crippen LogP contribution in [0.1, 0.15) is 23.9 Å². The van der Waals surface area contributed by atoms with Gasteiger partial charge in [0.1, 0.15) is 0 Å².